The van der Waals surface area contributed by atoms with Crippen LogP contribution in [0.5, 0.6) is 0 Å². The quantitative estimate of drug-likeness (QED) is 0.826. The summed E-state index contributed by atoms with van der Waals surface area (Å²) in [5, 5.41) is 11.1. The molecule has 2 aromatic rings. The average Bonchev–Trinajstić information content (AvgIpc) is 2.97. The molecular formula is C14H19N5O. The van der Waals surface area contributed by atoms with Gasteiger partial charge in [0.05, 0.1) is 11.9 Å². The lowest BCUT2D eigenvalue weighted by atomic mass is 10.1. The van der Waals surface area contributed by atoms with Crippen LogP contribution < -0.4 is 11.1 Å². The number of hydrogen-bond acceptors (Lipinski definition) is 4. The van der Waals surface area contributed by atoms with Crippen LogP contribution in [0, 0.1) is 0 Å². The second-order valence-corrected chi connectivity index (χ2v) is 4.55. The first-order chi connectivity index (χ1) is 9.74. The second-order valence-electron chi connectivity index (χ2n) is 4.55. The summed E-state index contributed by atoms with van der Waals surface area (Å²) in [7, 11) is 0. The molecule has 1 aromatic heterocycles. The van der Waals surface area contributed by atoms with Crippen molar-refractivity contribution < 1.29 is 4.79 Å². The van der Waals surface area contributed by atoms with Crippen molar-refractivity contribution in [1.29, 1.82) is 0 Å². The zero-order valence-corrected chi connectivity index (χ0v) is 11.5. The molecule has 3 N–H and O–H groups in total. The number of rotatable bonds is 6. The summed E-state index contributed by atoms with van der Waals surface area (Å²) in [5.74, 6) is -0.240. The van der Waals surface area contributed by atoms with Crippen molar-refractivity contribution in [1.82, 2.24) is 20.3 Å². The van der Waals surface area contributed by atoms with Crippen LogP contribution >= 0.6 is 0 Å². The number of amides is 1. The Bertz CT molecular complexity index is 552. The van der Waals surface area contributed by atoms with E-state index in [1.54, 1.807) is 0 Å². The van der Waals surface area contributed by atoms with Gasteiger partial charge in [0.25, 0.3) is 5.91 Å². The summed E-state index contributed by atoms with van der Waals surface area (Å²) < 4.78 is 0. The molecule has 1 unspecified atom stereocenters. The Labute approximate surface area is 118 Å². The minimum absolute atomic E-state index is 0.0191. The minimum atomic E-state index is -0.240. The molecule has 6 nitrogen and oxygen atoms in total. The van der Waals surface area contributed by atoms with E-state index in [4.69, 9.17) is 5.73 Å². The van der Waals surface area contributed by atoms with Crippen LogP contribution in [0.1, 0.15) is 30.3 Å². The number of para-hydroxylation sites is 1. The Morgan fingerprint density at radius 3 is 2.80 bits per heavy atom. The summed E-state index contributed by atoms with van der Waals surface area (Å²) >= 11 is 0. The highest BCUT2D eigenvalue weighted by molar-refractivity contribution is 5.92. The molecule has 2 rings (SSSR count). The fourth-order valence-corrected chi connectivity index (χ4v) is 1.91. The molecule has 0 aliphatic carbocycles. The zero-order chi connectivity index (χ0) is 14.4. The Kier molecular flexibility index (Phi) is 4.84. The monoisotopic (exact) mass is 273 g/mol. The van der Waals surface area contributed by atoms with Gasteiger partial charge in [-0.2, -0.15) is 9.90 Å². The largest absolute Gasteiger partial charge is 0.347 e. The lowest BCUT2D eigenvalue weighted by Crippen LogP contribution is -2.40. The summed E-state index contributed by atoms with van der Waals surface area (Å²) in [5.41, 5.74) is 6.74. The van der Waals surface area contributed by atoms with E-state index in [0.717, 1.165) is 18.5 Å². The predicted molar refractivity (Wildman–Crippen MR) is 76.6 cm³/mol. The fourth-order valence-electron chi connectivity index (χ4n) is 1.91. The molecule has 0 saturated heterocycles. The number of nitrogens with two attached hydrogens (primary N) is 1. The minimum Gasteiger partial charge on any atom is -0.347 e. The lowest BCUT2D eigenvalue weighted by molar-refractivity contribution is 0.0930. The molecule has 0 saturated carbocycles. The topological polar surface area (TPSA) is 85.8 Å². The molecular weight excluding hydrogens is 254 g/mol. The molecule has 0 aliphatic rings. The van der Waals surface area contributed by atoms with Crippen molar-refractivity contribution in [3.63, 3.8) is 0 Å². The second kappa shape index (κ2) is 6.81. The van der Waals surface area contributed by atoms with Crippen molar-refractivity contribution in [3.8, 4) is 5.69 Å². The van der Waals surface area contributed by atoms with Gasteiger partial charge in [0.15, 0.2) is 5.69 Å². The maximum absolute atomic E-state index is 12.1. The number of nitrogens with one attached hydrogen (secondary N) is 1. The number of carbonyl (C=O) groups excluding carboxylic acids is 1. The van der Waals surface area contributed by atoms with Crippen molar-refractivity contribution in [2.75, 3.05) is 6.54 Å². The molecule has 0 aliphatic heterocycles. The van der Waals surface area contributed by atoms with Crippen LogP contribution in [0.15, 0.2) is 36.5 Å². The third kappa shape index (κ3) is 3.42. The van der Waals surface area contributed by atoms with Gasteiger partial charge in [0.2, 0.25) is 0 Å². The average molecular weight is 273 g/mol. The zero-order valence-electron chi connectivity index (χ0n) is 11.5. The van der Waals surface area contributed by atoms with Crippen molar-refractivity contribution in [2.45, 2.75) is 25.8 Å². The molecule has 1 atom stereocenters. The Morgan fingerprint density at radius 2 is 2.15 bits per heavy atom. The maximum atomic E-state index is 12.1. The summed E-state index contributed by atoms with van der Waals surface area (Å²) in [6.07, 6.45) is 3.29. The summed E-state index contributed by atoms with van der Waals surface area (Å²) in [6.45, 7) is 2.48. The van der Waals surface area contributed by atoms with Crippen LogP contribution in [0.4, 0.5) is 0 Å². The van der Waals surface area contributed by atoms with Crippen LogP contribution in [0.25, 0.3) is 5.69 Å². The molecule has 106 valence electrons. The van der Waals surface area contributed by atoms with Gasteiger partial charge in [-0.25, -0.2) is 0 Å². The van der Waals surface area contributed by atoms with Crippen LogP contribution in [-0.2, 0) is 0 Å². The number of hydrogen-bond donors (Lipinski definition) is 2. The fraction of sp³-hybridized carbons (Fsp3) is 0.357. The van der Waals surface area contributed by atoms with Crippen molar-refractivity contribution in [3.05, 3.63) is 42.2 Å². The summed E-state index contributed by atoms with van der Waals surface area (Å²) in [4.78, 5) is 13.5. The van der Waals surface area contributed by atoms with E-state index in [9.17, 15) is 4.79 Å². The first-order valence-electron chi connectivity index (χ1n) is 6.73. The van der Waals surface area contributed by atoms with Gasteiger partial charge in [0.1, 0.15) is 0 Å². The number of nitrogens with zero attached hydrogens (tertiary/aromatic N) is 3. The van der Waals surface area contributed by atoms with E-state index < -0.39 is 0 Å². The number of aromatic nitrogens is 3. The van der Waals surface area contributed by atoms with Gasteiger partial charge < -0.3 is 11.1 Å². The lowest BCUT2D eigenvalue weighted by Gasteiger charge is -2.14. The molecule has 1 heterocycles. The normalized spacial score (nSPS) is 12.1. The Balaban J connectivity index is 2.07. The SMILES string of the molecule is CCCC(CN)NC(=O)c1cnn(-c2ccccc2)n1. The van der Waals surface area contributed by atoms with E-state index in [2.05, 4.69) is 22.4 Å². The predicted octanol–water partition coefficient (Wildman–Crippen LogP) is 1.12. The van der Waals surface area contributed by atoms with Gasteiger partial charge in [0, 0.05) is 12.6 Å². The third-order valence-corrected chi connectivity index (χ3v) is 2.97. The van der Waals surface area contributed by atoms with Gasteiger partial charge in [-0.15, -0.1) is 5.10 Å². The highest BCUT2D eigenvalue weighted by Gasteiger charge is 2.15. The van der Waals surface area contributed by atoms with Gasteiger partial charge in [-0.05, 0) is 18.6 Å². The van der Waals surface area contributed by atoms with Crippen molar-refractivity contribution >= 4 is 5.91 Å². The molecule has 20 heavy (non-hydrogen) atoms. The standard InChI is InChI=1S/C14H19N5O/c1-2-6-11(9-15)17-14(20)13-10-16-19(18-13)12-7-4-3-5-8-12/h3-5,7-8,10-11H,2,6,9,15H2,1H3,(H,17,20). The van der Waals surface area contributed by atoms with E-state index in [-0.39, 0.29) is 11.9 Å². The molecule has 0 bridgehead atoms. The van der Waals surface area contributed by atoms with Gasteiger partial charge in [-0.3, -0.25) is 4.79 Å². The molecule has 1 aromatic carbocycles. The van der Waals surface area contributed by atoms with Crippen LogP contribution in [-0.4, -0.2) is 33.5 Å². The molecule has 6 heteroatoms. The highest BCUT2D eigenvalue weighted by Crippen LogP contribution is 2.04. The van der Waals surface area contributed by atoms with Crippen LogP contribution in [0.2, 0.25) is 0 Å². The van der Waals surface area contributed by atoms with E-state index in [1.807, 2.05) is 30.3 Å². The van der Waals surface area contributed by atoms with E-state index >= 15 is 0 Å². The number of carbonyl (C=O) groups is 1. The molecule has 0 fully saturated rings. The van der Waals surface area contributed by atoms with Crippen LogP contribution in [0.3, 0.4) is 0 Å². The van der Waals surface area contributed by atoms with E-state index in [0.29, 0.717) is 12.2 Å². The van der Waals surface area contributed by atoms with Gasteiger partial charge >= 0.3 is 0 Å². The summed E-state index contributed by atoms with van der Waals surface area (Å²) in [6, 6.07) is 9.43. The number of benzene rings is 1. The Hall–Kier alpha value is -2.21. The molecule has 0 radical (unpaired) electrons. The molecule has 0 spiro atoms. The highest BCUT2D eigenvalue weighted by atomic mass is 16.2. The first kappa shape index (κ1) is 14.2. The Morgan fingerprint density at radius 1 is 1.40 bits per heavy atom. The maximum Gasteiger partial charge on any atom is 0.273 e. The molecule has 1 amide bonds. The van der Waals surface area contributed by atoms with Crippen molar-refractivity contribution in [2.24, 2.45) is 5.73 Å². The smallest absolute Gasteiger partial charge is 0.273 e. The van der Waals surface area contributed by atoms with Gasteiger partial charge in [-0.1, -0.05) is 31.5 Å². The first-order valence-corrected chi connectivity index (χ1v) is 6.73. The van der Waals surface area contributed by atoms with E-state index in [1.165, 1.54) is 11.0 Å². The third-order valence-electron chi connectivity index (χ3n) is 2.97.